The molecular weight excluding hydrogens is 214 g/mol. The molecule has 0 aromatic heterocycles. The number of nitrogens with zero attached hydrogens (tertiary/aromatic N) is 1. The summed E-state index contributed by atoms with van der Waals surface area (Å²) in [4.78, 5) is 0. The van der Waals surface area contributed by atoms with Crippen molar-refractivity contribution >= 4 is 11.6 Å². The molecule has 3 nitrogen and oxygen atoms in total. The van der Waals surface area contributed by atoms with Crippen molar-refractivity contribution < 1.29 is 9.47 Å². The van der Waals surface area contributed by atoms with Gasteiger partial charge in [0.2, 0.25) is 0 Å². The lowest BCUT2D eigenvalue weighted by Crippen LogP contribution is -1.93. The molecule has 1 aromatic carbocycles. The van der Waals surface area contributed by atoms with Crippen LogP contribution >= 0.6 is 11.6 Å². The van der Waals surface area contributed by atoms with E-state index in [4.69, 9.17) is 26.3 Å². The Bertz CT molecular complexity index is 437. The minimum Gasteiger partial charge on any atom is -0.493 e. The number of hydrogen-bond donors (Lipinski definition) is 0. The van der Waals surface area contributed by atoms with E-state index in [1.54, 1.807) is 13.2 Å². The van der Waals surface area contributed by atoms with Gasteiger partial charge in [0, 0.05) is 12.0 Å². The van der Waals surface area contributed by atoms with Crippen LogP contribution in [-0.4, -0.2) is 13.7 Å². The standard InChI is InChI=1S/C11H10ClNO2/c1-14-9-6-7(2-4-13)10(12)8-3-5-15-11(8)9/h6H,2-3,5H2,1H3. The Morgan fingerprint density at radius 3 is 3.13 bits per heavy atom. The maximum absolute atomic E-state index is 8.68. The molecule has 1 heterocycles. The van der Waals surface area contributed by atoms with Crippen molar-refractivity contribution in [3.05, 3.63) is 22.2 Å². The third-order valence-electron chi connectivity index (χ3n) is 2.44. The number of hydrogen-bond acceptors (Lipinski definition) is 3. The average molecular weight is 224 g/mol. The van der Waals surface area contributed by atoms with Crippen LogP contribution in [0.5, 0.6) is 11.5 Å². The fourth-order valence-corrected chi connectivity index (χ4v) is 2.03. The second-order valence-corrected chi connectivity index (χ2v) is 3.67. The van der Waals surface area contributed by atoms with Gasteiger partial charge in [0.25, 0.3) is 0 Å². The Labute approximate surface area is 93.2 Å². The van der Waals surface area contributed by atoms with Gasteiger partial charge in [-0.1, -0.05) is 11.6 Å². The molecule has 78 valence electrons. The maximum atomic E-state index is 8.68. The molecule has 0 saturated heterocycles. The van der Waals surface area contributed by atoms with E-state index in [0.717, 1.165) is 23.3 Å². The zero-order chi connectivity index (χ0) is 10.8. The van der Waals surface area contributed by atoms with Gasteiger partial charge in [0.05, 0.1) is 31.2 Å². The molecule has 0 radical (unpaired) electrons. The molecule has 4 heteroatoms. The van der Waals surface area contributed by atoms with Gasteiger partial charge in [-0.2, -0.15) is 5.26 Å². The Kier molecular flexibility index (Phi) is 2.70. The molecule has 1 aliphatic rings. The molecule has 0 N–H and O–H groups in total. The third kappa shape index (κ3) is 1.62. The first kappa shape index (κ1) is 10.1. The summed E-state index contributed by atoms with van der Waals surface area (Å²) in [5.74, 6) is 1.39. The van der Waals surface area contributed by atoms with E-state index in [1.165, 1.54) is 0 Å². The molecule has 0 unspecified atom stereocenters. The van der Waals surface area contributed by atoms with Crippen LogP contribution in [-0.2, 0) is 12.8 Å². The number of rotatable bonds is 2. The van der Waals surface area contributed by atoms with E-state index in [-0.39, 0.29) is 0 Å². The molecule has 0 saturated carbocycles. The number of nitriles is 1. The molecule has 0 spiro atoms. The van der Waals surface area contributed by atoms with E-state index in [0.29, 0.717) is 23.8 Å². The van der Waals surface area contributed by atoms with Crippen LogP contribution in [0.3, 0.4) is 0 Å². The first-order valence-electron chi connectivity index (χ1n) is 4.66. The summed E-state index contributed by atoms with van der Waals surface area (Å²) in [7, 11) is 1.58. The van der Waals surface area contributed by atoms with Gasteiger partial charge in [0.1, 0.15) is 0 Å². The molecular formula is C11H10ClNO2. The number of fused-ring (bicyclic) bond motifs is 1. The molecule has 15 heavy (non-hydrogen) atoms. The molecule has 0 atom stereocenters. The predicted molar refractivity (Wildman–Crippen MR) is 56.5 cm³/mol. The van der Waals surface area contributed by atoms with Crippen LogP contribution < -0.4 is 9.47 Å². The quantitative estimate of drug-likeness (QED) is 0.773. The molecule has 0 amide bonds. The zero-order valence-electron chi connectivity index (χ0n) is 8.34. The largest absolute Gasteiger partial charge is 0.493 e. The van der Waals surface area contributed by atoms with Gasteiger partial charge in [0.15, 0.2) is 11.5 Å². The summed E-state index contributed by atoms with van der Waals surface area (Å²) in [6, 6.07) is 3.86. The number of methoxy groups -OCH3 is 1. The lowest BCUT2D eigenvalue weighted by Gasteiger charge is -2.10. The van der Waals surface area contributed by atoms with Crippen molar-refractivity contribution in [1.29, 1.82) is 5.26 Å². The van der Waals surface area contributed by atoms with Crippen LogP contribution in [0.15, 0.2) is 6.07 Å². The fraction of sp³-hybridized carbons (Fsp3) is 0.364. The van der Waals surface area contributed by atoms with E-state index in [9.17, 15) is 0 Å². The highest BCUT2D eigenvalue weighted by Crippen LogP contribution is 2.42. The first-order chi connectivity index (χ1) is 7.27. The Hall–Kier alpha value is -1.40. The fourth-order valence-electron chi connectivity index (χ4n) is 1.73. The van der Waals surface area contributed by atoms with Crippen molar-refractivity contribution in [3.63, 3.8) is 0 Å². The molecule has 0 bridgehead atoms. The Morgan fingerprint density at radius 2 is 2.47 bits per heavy atom. The van der Waals surface area contributed by atoms with Gasteiger partial charge >= 0.3 is 0 Å². The second kappa shape index (κ2) is 4.00. The molecule has 1 aliphatic heterocycles. The summed E-state index contributed by atoms with van der Waals surface area (Å²) < 4.78 is 10.6. The topological polar surface area (TPSA) is 42.2 Å². The molecule has 2 rings (SSSR count). The van der Waals surface area contributed by atoms with E-state index >= 15 is 0 Å². The average Bonchev–Trinajstić information content (AvgIpc) is 2.71. The number of ether oxygens (including phenoxy) is 2. The summed E-state index contributed by atoms with van der Waals surface area (Å²) in [5, 5.41) is 9.32. The SMILES string of the molecule is COc1cc(CC#N)c(Cl)c2c1OCC2. The van der Waals surface area contributed by atoms with E-state index in [1.807, 2.05) is 0 Å². The first-order valence-corrected chi connectivity index (χ1v) is 5.03. The Morgan fingerprint density at radius 1 is 1.67 bits per heavy atom. The summed E-state index contributed by atoms with van der Waals surface area (Å²) in [6.07, 6.45) is 1.08. The number of halogens is 1. The van der Waals surface area contributed by atoms with E-state index in [2.05, 4.69) is 6.07 Å². The minimum atomic E-state index is 0.294. The highest BCUT2D eigenvalue weighted by atomic mass is 35.5. The van der Waals surface area contributed by atoms with Gasteiger partial charge < -0.3 is 9.47 Å². The monoisotopic (exact) mass is 223 g/mol. The lowest BCUT2D eigenvalue weighted by atomic mass is 10.1. The third-order valence-corrected chi connectivity index (χ3v) is 2.91. The van der Waals surface area contributed by atoms with Crippen molar-refractivity contribution in [2.24, 2.45) is 0 Å². The van der Waals surface area contributed by atoms with E-state index < -0.39 is 0 Å². The highest BCUT2D eigenvalue weighted by molar-refractivity contribution is 6.32. The van der Waals surface area contributed by atoms with Crippen LogP contribution in [0.4, 0.5) is 0 Å². The summed E-state index contributed by atoms with van der Waals surface area (Å²) in [5.41, 5.74) is 1.77. The predicted octanol–water partition coefficient (Wildman–Crippen LogP) is 2.35. The van der Waals surface area contributed by atoms with Crippen LogP contribution in [0.25, 0.3) is 0 Å². The highest BCUT2D eigenvalue weighted by Gasteiger charge is 2.22. The van der Waals surface area contributed by atoms with Gasteiger partial charge in [-0.05, 0) is 11.6 Å². The van der Waals surface area contributed by atoms with Crippen molar-refractivity contribution in [3.8, 4) is 17.6 Å². The molecule has 0 aliphatic carbocycles. The molecule has 0 fully saturated rings. The molecule has 1 aromatic rings. The summed E-state index contributed by atoms with van der Waals surface area (Å²) in [6.45, 7) is 0.626. The van der Waals surface area contributed by atoms with Gasteiger partial charge in [-0.25, -0.2) is 0 Å². The van der Waals surface area contributed by atoms with Crippen LogP contribution in [0.2, 0.25) is 5.02 Å². The Balaban J connectivity index is 2.57. The van der Waals surface area contributed by atoms with Gasteiger partial charge in [-0.15, -0.1) is 0 Å². The van der Waals surface area contributed by atoms with Crippen molar-refractivity contribution in [2.75, 3.05) is 13.7 Å². The normalized spacial score (nSPS) is 12.9. The minimum absolute atomic E-state index is 0.294. The van der Waals surface area contributed by atoms with Gasteiger partial charge in [-0.3, -0.25) is 0 Å². The van der Waals surface area contributed by atoms with Crippen molar-refractivity contribution in [1.82, 2.24) is 0 Å². The smallest absolute Gasteiger partial charge is 0.165 e. The zero-order valence-corrected chi connectivity index (χ0v) is 9.10. The summed E-state index contributed by atoms with van der Waals surface area (Å²) >= 11 is 6.18. The number of benzene rings is 1. The lowest BCUT2D eigenvalue weighted by molar-refractivity contribution is 0.326. The second-order valence-electron chi connectivity index (χ2n) is 3.29. The van der Waals surface area contributed by atoms with Crippen LogP contribution in [0, 0.1) is 11.3 Å². The maximum Gasteiger partial charge on any atom is 0.165 e. The van der Waals surface area contributed by atoms with Crippen molar-refractivity contribution in [2.45, 2.75) is 12.8 Å². The van der Waals surface area contributed by atoms with Crippen LogP contribution in [0.1, 0.15) is 11.1 Å².